The van der Waals surface area contributed by atoms with Gasteiger partial charge in [-0.2, -0.15) is 0 Å². The molecule has 1 aliphatic rings. The van der Waals surface area contributed by atoms with Gasteiger partial charge >= 0.3 is 0 Å². The van der Waals surface area contributed by atoms with Crippen LogP contribution in [-0.2, 0) is 4.79 Å². The molecule has 1 fully saturated rings. The van der Waals surface area contributed by atoms with Crippen molar-refractivity contribution in [2.45, 2.75) is 66.2 Å². The van der Waals surface area contributed by atoms with Gasteiger partial charge in [0.1, 0.15) is 0 Å². The fourth-order valence-electron chi connectivity index (χ4n) is 3.42. The average Bonchev–Trinajstić information content (AvgIpc) is 3.13. The predicted octanol–water partition coefficient (Wildman–Crippen LogP) is 3.93. The van der Waals surface area contributed by atoms with Gasteiger partial charge in [0.15, 0.2) is 0 Å². The minimum atomic E-state index is 0.158. The van der Waals surface area contributed by atoms with Crippen LogP contribution >= 0.6 is 0 Å². The van der Waals surface area contributed by atoms with Crippen molar-refractivity contribution in [3.63, 3.8) is 0 Å². The monoisotopic (exact) mass is 310 g/mol. The Morgan fingerprint density at radius 1 is 1.32 bits per heavy atom. The van der Waals surface area contributed by atoms with Crippen molar-refractivity contribution < 1.29 is 4.79 Å². The van der Waals surface area contributed by atoms with E-state index in [4.69, 9.17) is 0 Å². The quantitative estimate of drug-likeness (QED) is 0.627. The number of rotatable bonds is 11. The number of nitrogens with zero attached hydrogens (tertiary/aromatic N) is 1. The van der Waals surface area contributed by atoms with E-state index in [9.17, 15) is 4.79 Å². The molecule has 1 saturated carbocycles. The average molecular weight is 311 g/mol. The Balaban J connectivity index is 2.05. The third-order valence-electron chi connectivity index (χ3n) is 5.22. The molecule has 3 atom stereocenters. The van der Waals surface area contributed by atoms with Crippen LogP contribution in [0.15, 0.2) is 0 Å². The maximum absolute atomic E-state index is 11.6. The van der Waals surface area contributed by atoms with Crippen LogP contribution in [0.25, 0.3) is 0 Å². The molecular formula is C19H38N2O. The Kier molecular flexibility index (Phi) is 7.88. The zero-order valence-electron chi connectivity index (χ0n) is 15.7. The van der Waals surface area contributed by atoms with Gasteiger partial charge in [-0.05, 0) is 50.1 Å². The van der Waals surface area contributed by atoms with Crippen LogP contribution in [0.4, 0.5) is 0 Å². The van der Waals surface area contributed by atoms with E-state index in [-0.39, 0.29) is 5.91 Å². The lowest BCUT2D eigenvalue weighted by atomic mass is 9.80. The molecule has 1 amide bonds. The smallest absolute Gasteiger partial charge is 0.234 e. The summed E-state index contributed by atoms with van der Waals surface area (Å²) in [4.78, 5) is 13.5. The number of hydrogen-bond donors (Lipinski definition) is 1. The van der Waals surface area contributed by atoms with E-state index in [0.29, 0.717) is 12.0 Å². The van der Waals surface area contributed by atoms with Crippen LogP contribution in [0, 0.1) is 23.2 Å². The molecule has 22 heavy (non-hydrogen) atoms. The molecule has 0 aromatic rings. The highest BCUT2D eigenvalue weighted by Crippen LogP contribution is 2.42. The summed E-state index contributed by atoms with van der Waals surface area (Å²) in [6.07, 6.45) is 8.00. The topological polar surface area (TPSA) is 32.3 Å². The summed E-state index contributed by atoms with van der Waals surface area (Å²) in [6.45, 7) is 10.9. The van der Waals surface area contributed by atoms with Gasteiger partial charge in [0.2, 0.25) is 5.91 Å². The molecule has 0 saturated heterocycles. The summed E-state index contributed by atoms with van der Waals surface area (Å²) >= 11 is 0. The molecule has 1 aliphatic carbocycles. The summed E-state index contributed by atoms with van der Waals surface area (Å²) in [5, 5.41) is 3.06. The van der Waals surface area contributed by atoms with Gasteiger partial charge in [0.05, 0.1) is 6.54 Å². The zero-order chi connectivity index (χ0) is 16.8. The van der Waals surface area contributed by atoms with Gasteiger partial charge in [-0.25, -0.2) is 0 Å². The summed E-state index contributed by atoms with van der Waals surface area (Å²) < 4.78 is 0. The van der Waals surface area contributed by atoms with E-state index in [1.807, 2.05) is 19.0 Å². The van der Waals surface area contributed by atoms with Crippen LogP contribution in [0.5, 0.6) is 0 Å². The summed E-state index contributed by atoms with van der Waals surface area (Å²) in [5.41, 5.74) is 0.498. The summed E-state index contributed by atoms with van der Waals surface area (Å²) in [7, 11) is 3.86. The number of carbonyl (C=O) groups is 1. The highest BCUT2D eigenvalue weighted by molar-refractivity contribution is 5.77. The molecule has 0 radical (unpaired) electrons. The van der Waals surface area contributed by atoms with Crippen molar-refractivity contribution >= 4 is 5.91 Å². The number of nitrogens with one attached hydrogen (secondary N) is 1. The molecule has 130 valence electrons. The lowest BCUT2D eigenvalue weighted by molar-refractivity contribution is -0.121. The predicted molar refractivity (Wildman–Crippen MR) is 94.9 cm³/mol. The van der Waals surface area contributed by atoms with Crippen LogP contribution in [-0.4, -0.2) is 38.0 Å². The third-order valence-corrected chi connectivity index (χ3v) is 5.22. The molecule has 3 heteroatoms. The maximum Gasteiger partial charge on any atom is 0.234 e. The van der Waals surface area contributed by atoms with Crippen molar-refractivity contribution in [2.75, 3.05) is 27.2 Å². The highest BCUT2D eigenvalue weighted by Gasteiger charge is 2.36. The molecule has 0 heterocycles. The van der Waals surface area contributed by atoms with Gasteiger partial charge < -0.3 is 10.2 Å². The summed E-state index contributed by atoms with van der Waals surface area (Å²) in [6, 6.07) is 0. The van der Waals surface area contributed by atoms with Crippen molar-refractivity contribution in [2.24, 2.45) is 23.2 Å². The first-order chi connectivity index (χ1) is 10.2. The standard InChI is InChI=1S/C19H38N2O/c1-7-19(3,4)12-15(2)9-8-10-16-11-17(16)13-20-18(22)14-21(5)6/h15-17H,7-14H2,1-6H3,(H,20,22). The van der Waals surface area contributed by atoms with Crippen LogP contribution in [0.2, 0.25) is 0 Å². The molecular weight excluding hydrogens is 272 g/mol. The molecule has 1 rings (SSSR count). The van der Waals surface area contributed by atoms with Crippen molar-refractivity contribution in [3.05, 3.63) is 0 Å². The first kappa shape index (κ1) is 19.5. The first-order valence-electron chi connectivity index (χ1n) is 9.15. The van der Waals surface area contributed by atoms with E-state index in [0.717, 1.165) is 24.3 Å². The fourth-order valence-corrected chi connectivity index (χ4v) is 3.42. The van der Waals surface area contributed by atoms with Crippen LogP contribution < -0.4 is 5.32 Å². The minimum Gasteiger partial charge on any atom is -0.355 e. The second kappa shape index (κ2) is 8.90. The van der Waals surface area contributed by atoms with Crippen molar-refractivity contribution in [1.82, 2.24) is 10.2 Å². The minimum absolute atomic E-state index is 0.158. The Labute approximate surface area is 138 Å². The fraction of sp³-hybridized carbons (Fsp3) is 0.947. The van der Waals surface area contributed by atoms with Gasteiger partial charge in [0, 0.05) is 6.54 Å². The molecule has 0 aliphatic heterocycles. The maximum atomic E-state index is 11.6. The van der Waals surface area contributed by atoms with E-state index in [2.05, 4.69) is 33.0 Å². The Morgan fingerprint density at radius 3 is 2.59 bits per heavy atom. The molecule has 1 N–H and O–H groups in total. The Hall–Kier alpha value is -0.570. The molecule has 0 bridgehead atoms. The van der Waals surface area contributed by atoms with E-state index >= 15 is 0 Å². The number of carbonyl (C=O) groups excluding carboxylic acids is 1. The van der Waals surface area contributed by atoms with Gasteiger partial charge in [-0.15, -0.1) is 0 Å². The lowest BCUT2D eigenvalue weighted by Crippen LogP contribution is -2.34. The molecule has 3 nitrogen and oxygen atoms in total. The SMILES string of the molecule is CCC(C)(C)CC(C)CCCC1CC1CNC(=O)CN(C)C. The summed E-state index contributed by atoms with van der Waals surface area (Å²) in [5.74, 6) is 2.61. The van der Waals surface area contributed by atoms with Gasteiger partial charge in [0.25, 0.3) is 0 Å². The van der Waals surface area contributed by atoms with Crippen molar-refractivity contribution in [3.8, 4) is 0 Å². The number of hydrogen-bond acceptors (Lipinski definition) is 2. The normalized spacial score (nSPS) is 22.7. The zero-order valence-corrected chi connectivity index (χ0v) is 15.7. The first-order valence-corrected chi connectivity index (χ1v) is 9.15. The van der Waals surface area contributed by atoms with Crippen LogP contribution in [0.3, 0.4) is 0 Å². The molecule has 3 unspecified atom stereocenters. The Morgan fingerprint density at radius 2 is 2.00 bits per heavy atom. The number of likely N-dealkylation sites (N-methyl/N-ethyl adjacent to an activating group) is 1. The number of amides is 1. The molecule has 0 aromatic carbocycles. The second-order valence-corrected chi connectivity index (χ2v) is 8.56. The lowest BCUT2D eigenvalue weighted by Gasteiger charge is -2.26. The molecule has 0 spiro atoms. The van der Waals surface area contributed by atoms with Gasteiger partial charge in [-0.1, -0.05) is 53.4 Å². The molecule has 0 aromatic heterocycles. The van der Waals surface area contributed by atoms with E-state index < -0.39 is 0 Å². The Bertz CT molecular complexity index is 338. The van der Waals surface area contributed by atoms with E-state index in [1.165, 1.54) is 38.5 Å². The van der Waals surface area contributed by atoms with Crippen molar-refractivity contribution in [1.29, 1.82) is 0 Å². The van der Waals surface area contributed by atoms with Crippen LogP contribution in [0.1, 0.15) is 66.2 Å². The van der Waals surface area contributed by atoms with E-state index in [1.54, 1.807) is 0 Å². The second-order valence-electron chi connectivity index (χ2n) is 8.56. The third kappa shape index (κ3) is 8.17. The largest absolute Gasteiger partial charge is 0.355 e. The highest BCUT2D eigenvalue weighted by atomic mass is 16.2. The van der Waals surface area contributed by atoms with Gasteiger partial charge in [-0.3, -0.25) is 4.79 Å².